The van der Waals surface area contributed by atoms with Crippen LogP contribution in [0.25, 0.3) is 0 Å². The van der Waals surface area contributed by atoms with Crippen LogP contribution in [-0.4, -0.2) is 40.7 Å². The first-order valence-corrected chi connectivity index (χ1v) is 10.1. The van der Waals surface area contributed by atoms with Crippen molar-refractivity contribution in [1.82, 2.24) is 4.90 Å². The van der Waals surface area contributed by atoms with Crippen LogP contribution in [-0.2, 0) is 4.79 Å². The lowest BCUT2D eigenvalue weighted by Gasteiger charge is -2.24. The van der Waals surface area contributed by atoms with Crippen LogP contribution in [0.3, 0.4) is 0 Å². The third kappa shape index (κ3) is 3.87. The molecule has 0 aromatic heterocycles. The molecule has 0 bridgehead atoms. The molecule has 7 heteroatoms. The Labute approximate surface area is 166 Å². The Morgan fingerprint density at radius 1 is 1.15 bits per heavy atom. The van der Waals surface area contributed by atoms with Crippen molar-refractivity contribution in [3.8, 4) is 5.75 Å². The van der Waals surface area contributed by atoms with Crippen molar-refractivity contribution in [3.63, 3.8) is 0 Å². The molecule has 0 saturated carbocycles. The van der Waals surface area contributed by atoms with Crippen LogP contribution < -0.4 is 4.74 Å². The van der Waals surface area contributed by atoms with E-state index in [2.05, 4.69) is 0 Å². The SMILES string of the molecule is CSCC[C@H](C(=O)Oc1cc(C)ccc1Cl)N1C(=O)c2ccccc2C1=O. The molecule has 27 heavy (non-hydrogen) atoms. The third-order valence-electron chi connectivity index (χ3n) is 4.30. The number of carbonyl (C=O) groups excluding carboxylic acids is 3. The van der Waals surface area contributed by atoms with Crippen molar-refractivity contribution < 1.29 is 19.1 Å². The minimum absolute atomic E-state index is 0.215. The molecule has 2 amide bonds. The molecule has 1 aliphatic heterocycles. The molecule has 2 aromatic rings. The van der Waals surface area contributed by atoms with Gasteiger partial charge in [-0.3, -0.25) is 14.5 Å². The highest BCUT2D eigenvalue weighted by molar-refractivity contribution is 7.98. The zero-order valence-electron chi connectivity index (χ0n) is 14.9. The van der Waals surface area contributed by atoms with Gasteiger partial charge in [-0.05, 0) is 55.2 Å². The van der Waals surface area contributed by atoms with E-state index in [1.54, 1.807) is 42.5 Å². The maximum Gasteiger partial charge on any atom is 0.334 e. The van der Waals surface area contributed by atoms with Crippen LogP contribution in [0.15, 0.2) is 42.5 Å². The van der Waals surface area contributed by atoms with Crippen molar-refractivity contribution in [2.24, 2.45) is 0 Å². The van der Waals surface area contributed by atoms with Crippen LogP contribution >= 0.6 is 23.4 Å². The van der Waals surface area contributed by atoms with E-state index in [9.17, 15) is 14.4 Å². The summed E-state index contributed by atoms with van der Waals surface area (Å²) in [6.45, 7) is 1.85. The molecular formula is C20H18ClNO4S. The summed E-state index contributed by atoms with van der Waals surface area (Å²) in [6, 6.07) is 10.6. The summed E-state index contributed by atoms with van der Waals surface area (Å²) in [4.78, 5) is 39.4. The fourth-order valence-electron chi connectivity index (χ4n) is 2.94. The highest BCUT2D eigenvalue weighted by atomic mass is 35.5. The Balaban J connectivity index is 1.90. The molecule has 0 N–H and O–H groups in total. The number of fused-ring (bicyclic) bond motifs is 1. The first kappa shape index (κ1) is 19.5. The van der Waals surface area contributed by atoms with Gasteiger partial charge in [0, 0.05) is 0 Å². The standard InChI is InChI=1S/C20H18ClNO4S/c1-12-7-8-15(21)17(11-12)26-20(25)16(9-10-27-2)22-18(23)13-5-3-4-6-14(13)19(22)24/h3-8,11,16H,9-10H2,1-2H3/t16-/m1/s1. The summed E-state index contributed by atoms with van der Waals surface area (Å²) in [6.07, 6.45) is 2.19. The smallest absolute Gasteiger partial charge is 0.334 e. The first-order valence-electron chi connectivity index (χ1n) is 8.37. The van der Waals surface area contributed by atoms with Crippen molar-refractivity contribution in [2.75, 3.05) is 12.0 Å². The average molecular weight is 404 g/mol. The monoisotopic (exact) mass is 403 g/mol. The van der Waals surface area contributed by atoms with Crippen LogP contribution in [0.5, 0.6) is 5.75 Å². The van der Waals surface area contributed by atoms with Crippen molar-refractivity contribution in [3.05, 3.63) is 64.2 Å². The number of esters is 1. The molecule has 1 aliphatic rings. The number of imide groups is 1. The number of thioether (sulfide) groups is 1. The molecule has 0 fully saturated rings. The number of amides is 2. The number of ether oxygens (including phenoxy) is 1. The topological polar surface area (TPSA) is 63.7 Å². The van der Waals surface area contributed by atoms with Crippen LogP contribution in [0.4, 0.5) is 0 Å². The average Bonchev–Trinajstić information content (AvgIpc) is 2.90. The van der Waals surface area contributed by atoms with Gasteiger partial charge in [0.1, 0.15) is 11.8 Å². The van der Waals surface area contributed by atoms with Crippen LogP contribution in [0, 0.1) is 6.92 Å². The minimum Gasteiger partial charge on any atom is -0.423 e. The summed E-state index contributed by atoms with van der Waals surface area (Å²) in [5, 5.41) is 0.292. The summed E-state index contributed by atoms with van der Waals surface area (Å²) >= 11 is 7.63. The Hall–Kier alpha value is -2.31. The lowest BCUT2D eigenvalue weighted by atomic mass is 10.1. The largest absolute Gasteiger partial charge is 0.423 e. The summed E-state index contributed by atoms with van der Waals surface area (Å²) in [5.41, 5.74) is 1.49. The van der Waals surface area contributed by atoms with E-state index in [-0.39, 0.29) is 5.75 Å². The number of hydrogen-bond donors (Lipinski definition) is 0. The van der Waals surface area contributed by atoms with Crippen LogP contribution in [0.1, 0.15) is 32.7 Å². The number of nitrogens with zero attached hydrogens (tertiary/aromatic N) is 1. The molecular weight excluding hydrogens is 386 g/mol. The van der Waals surface area contributed by atoms with Gasteiger partial charge < -0.3 is 4.74 Å². The molecule has 1 heterocycles. The normalized spacial score (nSPS) is 14.3. The molecule has 3 rings (SSSR count). The van der Waals surface area contributed by atoms with Crippen molar-refractivity contribution in [1.29, 1.82) is 0 Å². The van der Waals surface area contributed by atoms with Gasteiger partial charge >= 0.3 is 5.97 Å². The number of rotatable bonds is 6. The zero-order valence-corrected chi connectivity index (χ0v) is 16.5. The first-order chi connectivity index (χ1) is 12.9. The molecule has 1 atom stereocenters. The van der Waals surface area contributed by atoms with Gasteiger partial charge in [-0.2, -0.15) is 11.8 Å². The molecule has 0 aliphatic carbocycles. The second kappa shape index (κ2) is 8.15. The van der Waals surface area contributed by atoms with Crippen molar-refractivity contribution in [2.45, 2.75) is 19.4 Å². The van der Waals surface area contributed by atoms with Gasteiger partial charge in [0.25, 0.3) is 11.8 Å². The van der Waals surface area contributed by atoms with E-state index in [1.165, 1.54) is 11.8 Å². The summed E-state index contributed by atoms with van der Waals surface area (Å²) in [5.74, 6) is -0.823. The Bertz CT molecular complexity index is 880. The number of hydrogen-bond acceptors (Lipinski definition) is 5. The Morgan fingerprint density at radius 3 is 2.37 bits per heavy atom. The third-order valence-corrected chi connectivity index (χ3v) is 5.26. The molecule has 0 saturated heterocycles. The molecule has 0 spiro atoms. The zero-order chi connectivity index (χ0) is 19.6. The van der Waals surface area contributed by atoms with Gasteiger partial charge in [0.05, 0.1) is 16.1 Å². The lowest BCUT2D eigenvalue weighted by molar-refractivity contribution is -0.138. The summed E-state index contributed by atoms with van der Waals surface area (Å²) < 4.78 is 5.47. The fourth-order valence-corrected chi connectivity index (χ4v) is 3.55. The molecule has 0 unspecified atom stereocenters. The second-order valence-corrected chi connectivity index (χ2v) is 7.57. The Kier molecular flexibility index (Phi) is 5.87. The number of carbonyl (C=O) groups is 3. The highest BCUT2D eigenvalue weighted by Crippen LogP contribution is 2.29. The van der Waals surface area contributed by atoms with Gasteiger partial charge in [0.2, 0.25) is 0 Å². The Morgan fingerprint density at radius 2 is 1.78 bits per heavy atom. The van der Waals surface area contributed by atoms with Gasteiger partial charge in [0.15, 0.2) is 0 Å². The molecule has 0 radical (unpaired) electrons. The van der Waals surface area contributed by atoms with Gasteiger partial charge in [-0.25, -0.2) is 4.79 Å². The van der Waals surface area contributed by atoms with E-state index in [0.29, 0.717) is 28.3 Å². The number of benzene rings is 2. The maximum absolute atomic E-state index is 12.9. The minimum atomic E-state index is -1.01. The number of aryl methyl sites for hydroxylation is 1. The lowest BCUT2D eigenvalue weighted by Crippen LogP contribution is -2.47. The quantitative estimate of drug-likeness (QED) is 0.415. The predicted molar refractivity (Wildman–Crippen MR) is 106 cm³/mol. The number of halogens is 1. The van der Waals surface area contributed by atoms with E-state index >= 15 is 0 Å². The molecule has 5 nitrogen and oxygen atoms in total. The van der Waals surface area contributed by atoms with E-state index < -0.39 is 23.8 Å². The fraction of sp³-hybridized carbons (Fsp3) is 0.250. The van der Waals surface area contributed by atoms with E-state index in [4.69, 9.17) is 16.3 Å². The maximum atomic E-state index is 12.9. The molecule has 2 aromatic carbocycles. The molecule has 140 valence electrons. The van der Waals surface area contributed by atoms with Crippen LogP contribution in [0.2, 0.25) is 5.02 Å². The van der Waals surface area contributed by atoms with E-state index in [0.717, 1.165) is 10.5 Å². The summed E-state index contributed by atoms with van der Waals surface area (Å²) in [7, 11) is 0. The van der Waals surface area contributed by atoms with Crippen molar-refractivity contribution >= 4 is 41.1 Å². The van der Waals surface area contributed by atoms with Gasteiger partial charge in [-0.1, -0.05) is 29.8 Å². The second-order valence-electron chi connectivity index (χ2n) is 6.18. The predicted octanol–water partition coefficient (Wildman–Crippen LogP) is 3.97. The highest BCUT2D eigenvalue weighted by Gasteiger charge is 2.43. The van der Waals surface area contributed by atoms with E-state index in [1.807, 2.05) is 13.2 Å². The van der Waals surface area contributed by atoms with Gasteiger partial charge in [-0.15, -0.1) is 0 Å².